The third-order valence-corrected chi connectivity index (χ3v) is 6.08. The van der Waals surface area contributed by atoms with Crippen LogP contribution in [0.15, 0.2) is 66.7 Å². The molecule has 4 rings (SSSR count). The fraction of sp³-hybridized carbons (Fsp3) is 0.345. The molecule has 1 heterocycles. The summed E-state index contributed by atoms with van der Waals surface area (Å²) in [6.45, 7) is 7.15. The number of carbonyl (C=O) groups excluding carboxylic acids is 1. The predicted octanol–water partition coefficient (Wildman–Crippen LogP) is 6.01. The molecule has 0 aliphatic carbocycles. The van der Waals surface area contributed by atoms with Crippen LogP contribution in [0.25, 0.3) is 16.8 Å². The quantitative estimate of drug-likeness (QED) is 0.378. The summed E-state index contributed by atoms with van der Waals surface area (Å²) in [6, 6.07) is 19.7. The highest BCUT2D eigenvalue weighted by molar-refractivity contribution is 6.10. The molecule has 1 fully saturated rings. The molecular weight excluding hydrogens is 424 g/mol. The molecule has 0 bridgehead atoms. The first-order valence-electron chi connectivity index (χ1n) is 12.3. The highest BCUT2D eigenvalue weighted by atomic mass is 16.5. The fourth-order valence-corrected chi connectivity index (χ4v) is 4.14. The molecule has 0 atom stereocenters. The number of unbranched alkanes of at least 4 members (excludes halogenated alkanes) is 2. The summed E-state index contributed by atoms with van der Waals surface area (Å²) in [6.07, 6.45) is 7.67. The monoisotopic (exact) mass is 458 g/mol. The van der Waals surface area contributed by atoms with Crippen LogP contribution in [-0.2, 0) is 4.74 Å². The summed E-state index contributed by atoms with van der Waals surface area (Å²) in [7, 11) is 0. The van der Waals surface area contributed by atoms with Gasteiger partial charge in [0.1, 0.15) is 12.4 Å². The average Bonchev–Trinajstić information content (AvgIpc) is 2.88. The lowest BCUT2D eigenvalue weighted by Gasteiger charge is -2.26. The molecule has 1 saturated heterocycles. The lowest BCUT2D eigenvalue weighted by atomic mass is 10.1. The summed E-state index contributed by atoms with van der Waals surface area (Å²) in [4.78, 5) is 15.4. The van der Waals surface area contributed by atoms with Gasteiger partial charge in [0.15, 0.2) is 0 Å². The number of allylic oxidation sites excluding steroid dienone is 1. The maximum atomic E-state index is 13.0. The molecule has 0 radical (unpaired) electrons. The van der Waals surface area contributed by atoms with E-state index < -0.39 is 0 Å². The summed E-state index contributed by atoms with van der Waals surface area (Å²) in [5.74, 6) is 0.719. The molecule has 3 aromatic rings. The number of nitrogens with one attached hydrogen (secondary N) is 1. The Hall–Kier alpha value is -3.15. The second-order valence-electron chi connectivity index (χ2n) is 8.58. The third-order valence-electron chi connectivity index (χ3n) is 6.08. The summed E-state index contributed by atoms with van der Waals surface area (Å²) >= 11 is 0. The van der Waals surface area contributed by atoms with Gasteiger partial charge in [-0.25, -0.2) is 0 Å². The maximum Gasteiger partial charge on any atom is 0.255 e. The number of benzene rings is 3. The van der Waals surface area contributed by atoms with Gasteiger partial charge < -0.3 is 14.8 Å². The molecule has 1 amide bonds. The van der Waals surface area contributed by atoms with Gasteiger partial charge in [-0.15, -0.1) is 0 Å². The number of fused-ring (bicyclic) bond motifs is 1. The summed E-state index contributed by atoms with van der Waals surface area (Å²) in [5, 5.41) is 5.06. The van der Waals surface area contributed by atoms with Gasteiger partial charge in [-0.05, 0) is 36.2 Å². The molecule has 0 spiro atoms. The second-order valence-corrected chi connectivity index (χ2v) is 8.58. The Bertz CT molecular complexity index is 1120. The first-order valence-corrected chi connectivity index (χ1v) is 12.3. The lowest BCUT2D eigenvalue weighted by molar-refractivity contribution is 0.0323. The minimum absolute atomic E-state index is 0.116. The van der Waals surface area contributed by atoms with Crippen molar-refractivity contribution in [2.75, 3.05) is 44.8 Å². The van der Waals surface area contributed by atoms with Crippen LogP contribution in [0.4, 0.5) is 5.69 Å². The fourth-order valence-electron chi connectivity index (χ4n) is 4.14. The van der Waals surface area contributed by atoms with E-state index in [4.69, 9.17) is 9.47 Å². The molecule has 5 nitrogen and oxygen atoms in total. The number of morpholine rings is 1. The van der Waals surface area contributed by atoms with Crippen LogP contribution in [0.5, 0.6) is 5.75 Å². The highest BCUT2D eigenvalue weighted by Crippen LogP contribution is 2.32. The van der Waals surface area contributed by atoms with E-state index in [-0.39, 0.29) is 5.91 Å². The average molecular weight is 459 g/mol. The van der Waals surface area contributed by atoms with Crippen molar-refractivity contribution in [3.05, 3.63) is 77.9 Å². The minimum atomic E-state index is -0.116. The number of ether oxygens (including phenoxy) is 2. The molecule has 1 aliphatic rings. The number of carbonyl (C=O) groups is 1. The van der Waals surface area contributed by atoms with E-state index in [1.165, 1.54) is 12.8 Å². The van der Waals surface area contributed by atoms with E-state index in [0.29, 0.717) is 12.2 Å². The standard InChI is InChI=1S/C29H34N2O3/c1-2-3-4-5-9-23-10-8-11-24(22-23)29(32)30-27-14-15-28(26-13-7-6-12-25(26)27)34-21-18-31-16-19-33-20-17-31/h5-15,22H,2-4,16-21H2,1H3,(H,30,32). The lowest BCUT2D eigenvalue weighted by Crippen LogP contribution is -2.38. The van der Waals surface area contributed by atoms with E-state index in [1.807, 2.05) is 60.7 Å². The van der Waals surface area contributed by atoms with E-state index in [9.17, 15) is 4.79 Å². The smallest absolute Gasteiger partial charge is 0.255 e. The molecule has 1 N–H and O–H groups in total. The largest absolute Gasteiger partial charge is 0.492 e. The van der Waals surface area contributed by atoms with Gasteiger partial charge in [0, 0.05) is 41.7 Å². The number of anilines is 1. The maximum absolute atomic E-state index is 13.0. The zero-order valence-corrected chi connectivity index (χ0v) is 20.0. The molecule has 3 aromatic carbocycles. The second kappa shape index (κ2) is 12.4. The molecule has 0 aromatic heterocycles. The van der Waals surface area contributed by atoms with Crippen molar-refractivity contribution in [1.29, 1.82) is 0 Å². The first kappa shape index (κ1) is 24.0. The van der Waals surface area contributed by atoms with Crippen molar-refractivity contribution >= 4 is 28.4 Å². The SMILES string of the molecule is CCCCC=Cc1cccc(C(=O)Nc2ccc(OCCN3CCOCC3)c3ccccc23)c1. The van der Waals surface area contributed by atoms with Crippen LogP contribution in [-0.4, -0.2) is 50.3 Å². The molecule has 5 heteroatoms. The molecule has 34 heavy (non-hydrogen) atoms. The third kappa shape index (κ3) is 6.46. The van der Waals surface area contributed by atoms with Crippen LogP contribution in [0.1, 0.15) is 42.1 Å². The van der Waals surface area contributed by atoms with E-state index in [0.717, 1.165) is 67.0 Å². The Morgan fingerprint density at radius 1 is 1.06 bits per heavy atom. The van der Waals surface area contributed by atoms with Crippen LogP contribution >= 0.6 is 0 Å². The van der Waals surface area contributed by atoms with Crippen molar-refractivity contribution in [3.8, 4) is 5.75 Å². The normalized spacial score (nSPS) is 14.5. The van der Waals surface area contributed by atoms with Gasteiger partial charge in [-0.1, -0.05) is 68.3 Å². The van der Waals surface area contributed by atoms with E-state index >= 15 is 0 Å². The van der Waals surface area contributed by atoms with Crippen molar-refractivity contribution in [2.24, 2.45) is 0 Å². The number of amides is 1. The topological polar surface area (TPSA) is 50.8 Å². The Kier molecular flexibility index (Phi) is 8.71. The van der Waals surface area contributed by atoms with Crippen molar-refractivity contribution < 1.29 is 14.3 Å². The van der Waals surface area contributed by atoms with Gasteiger partial charge >= 0.3 is 0 Å². The van der Waals surface area contributed by atoms with Crippen LogP contribution in [0.3, 0.4) is 0 Å². The van der Waals surface area contributed by atoms with Crippen LogP contribution in [0, 0.1) is 0 Å². The number of hydrogen-bond donors (Lipinski definition) is 1. The number of nitrogens with zero attached hydrogens (tertiary/aromatic N) is 1. The first-order chi connectivity index (χ1) is 16.7. The highest BCUT2D eigenvalue weighted by Gasteiger charge is 2.13. The Morgan fingerprint density at radius 3 is 2.71 bits per heavy atom. The van der Waals surface area contributed by atoms with Gasteiger partial charge in [-0.2, -0.15) is 0 Å². The molecule has 178 valence electrons. The Morgan fingerprint density at radius 2 is 1.88 bits per heavy atom. The molecule has 1 aliphatic heterocycles. The van der Waals surface area contributed by atoms with Crippen LogP contribution in [0.2, 0.25) is 0 Å². The molecule has 0 unspecified atom stereocenters. The van der Waals surface area contributed by atoms with Crippen molar-refractivity contribution in [1.82, 2.24) is 4.90 Å². The number of rotatable bonds is 10. The zero-order chi connectivity index (χ0) is 23.6. The van der Waals surface area contributed by atoms with E-state index in [1.54, 1.807) is 0 Å². The Labute approximate surface area is 202 Å². The molecular formula is C29H34N2O3. The van der Waals surface area contributed by atoms with Gasteiger partial charge in [0.2, 0.25) is 0 Å². The van der Waals surface area contributed by atoms with Crippen LogP contribution < -0.4 is 10.1 Å². The summed E-state index contributed by atoms with van der Waals surface area (Å²) < 4.78 is 11.5. The Balaban J connectivity index is 1.44. The van der Waals surface area contributed by atoms with Crippen molar-refractivity contribution in [2.45, 2.75) is 26.2 Å². The van der Waals surface area contributed by atoms with Crippen molar-refractivity contribution in [3.63, 3.8) is 0 Å². The van der Waals surface area contributed by atoms with Gasteiger partial charge in [0.05, 0.1) is 13.2 Å². The number of hydrogen-bond acceptors (Lipinski definition) is 4. The zero-order valence-electron chi connectivity index (χ0n) is 20.0. The van der Waals surface area contributed by atoms with E-state index in [2.05, 4.69) is 29.3 Å². The molecule has 0 saturated carbocycles. The van der Waals surface area contributed by atoms with Gasteiger partial charge in [0.25, 0.3) is 5.91 Å². The predicted molar refractivity (Wildman–Crippen MR) is 140 cm³/mol. The minimum Gasteiger partial charge on any atom is -0.492 e. The van der Waals surface area contributed by atoms with Gasteiger partial charge in [-0.3, -0.25) is 9.69 Å². The summed E-state index contributed by atoms with van der Waals surface area (Å²) in [5.41, 5.74) is 2.47.